The van der Waals surface area contributed by atoms with Gasteiger partial charge in [-0.15, -0.1) is 0 Å². The van der Waals surface area contributed by atoms with Crippen molar-refractivity contribution in [2.24, 2.45) is 5.73 Å². The summed E-state index contributed by atoms with van der Waals surface area (Å²) in [5.74, 6) is 1.39. The monoisotopic (exact) mass is 236 g/mol. The van der Waals surface area contributed by atoms with Gasteiger partial charge in [-0.3, -0.25) is 0 Å². The Morgan fingerprint density at radius 1 is 1.29 bits per heavy atom. The molecule has 1 aromatic heterocycles. The molecule has 0 radical (unpaired) electrons. The first-order valence-electron chi connectivity index (χ1n) is 6.23. The Labute approximate surface area is 102 Å². The van der Waals surface area contributed by atoms with E-state index in [4.69, 9.17) is 10.5 Å². The molecule has 94 valence electrons. The molecular formula is C12H20N4O. The van der Waals surface area contributed by atoms with Gasteiger partial charge in [0.05, 0.1) is 12.8 Å². The van der Waals surface area contributed by atoms with Crippen LogP contribution in [0.2, 0.25) is 0 Å². The molecule has 0 saturated heterocycles. The summed E-state index contributed by atoms with van der Waals surface area (Å²) in [7, 11) is 1.67. The molecule has 1 aliphatic rings. The highest BCUT2D eigenvalue weighted by Gasteiger charge is 2.18. The van der Waals surface area contributed by atoms with E-state index in [2.05, 4.69) is 15.3 Å². The third-order valence-electron chi connectivity index (χ3n) is 3.00. The van der Waals surface area contributed by atoms with Gasteiger partial charge < -0.3 is 15.8 Å². The first kappa shape index (κ1) is 12.1. The Kier molecular flexibility index (Phi) is 4.14. The van der Waals surface area contributed by atoms with Crippen LogP contribution in [-0.2, 0) is 12.8 Å². The van der Waals surface area contributed by atoms with Crippen LogP contribution < -0.4 is 15.8 Å². The number of hydrogen-bond acceptors (Lipinski definition) is 5. The fourth-order valence-electron chi connectivity index (χ4n) is 2.11. The van der Waals surface area contributed by atoms with Crippen molar-refractivity contribution < 1.29 is 4.74 Å². The molecule has 1 heterocycles. The molecule has 0 saturated carbocycles. The van der Waals surface area contributed by atoms with E-state index in [1.807, 2.05) is 0 Å². The van der Waals surface area contributed by atoms with E-state index in [-0.39, 0.29) is 0 Å². The number of hydrogen-bond donors (Lipinski definition) is 2. The fraction of sp³-hybridized carbons (Fsp3) is 0.667. The average Bonchev–Trinajstić information content (AvgIpc) is 2.38. The fourth-order valence-corrected chi connectivity index (χ4v) is 2.11. The maximum atomic E-state index is 5.45. The highest BCUT2D eigenvalue weighted by atomic mass is 16.5. The number of aryl methyl sites for hydroxylation is 1. The molecule has 0 atom stereocenters. The van der Waals surface area contributed by atoms with Crippen LogP contribution in [0, 0.1) is 0 Å². The number of anilines is 1. The number of rotatable bonds is 5. The van der Waals surface area contributed by atoms with Crippen LogP contribution in [0.5, 0.6) is 5.88 Å². The van der Waals surface area contributed by atoms with Crippen LogP contribution in [0.25, 0.3) is 0 Å². The zero-order chi connectivity index (χ0) is 12.1. The summed E-state index contributed by atoms with van der Waals surface area (Å²) < 4.78 is 5.34. The van der Waals surface area contributed by atoms with Crippen molar-refractivity contribution in [3.8, 4) is 5.88 Å². The minimum absolute atomic E-state index is 0.663. The van der Waals surface area contributed by atoms with Crippen LogP contribution in [0.15, 0.2) is 0 Å². The molecule has 0 aliphatic heterocycles. The van der Waals surface area contributed by atoms with Gasteiger partial charge in [-0.25, -0.2) is 4.98 Å². The van der Waals surface area contributed by atoms with Crippen LogP contribution in [0.4, 0.5) is 5.95 Å². The maximum absolute atomic E-state index is 5.45. The van der Waals surface area contributed by atoms with Crippen molar-refractivity contribution in [1.82, 2.24) is 9.97 Å². The predicted octanol–water partition coefficient (Wildman–Crippen LogP) is 1.12. The number of nitrogens with one attached hydrogen (secondary N) is 1. The van der Waals surface area contributed by atoms with Gasteiger partial charge in [0.1, 0.15) is 0 Å². The lowest BCUT2D eigenvalue weighted by Gasteiger charge is -2.18. The highest BCUT2D eigenvalue weighted by molar-refractivity contribution is 5.39. The summed E-state index contributed by atoms with van der Waals surface area (Å²) >= 11 is 0. The Balaban J connectivity index is 2.17. The normalized spacial score (nSPS) is 14.2. The molecular weight excluding hydrogens is 216 g/mol. The van der Waals surface area contributed by atoms with Gasteiger partial charge in [0.25, 0.3) is 0 Å². The molecule has 0 aromatic carbocycles. The van der Waals surface area contributed by atoms with Crippen LogP contribution in [0.1, 0.15) is 30.5 Å². The van der Waals surface area contributed by atoms with Crippen molar-refractivity contribution in [3.05, 3.63) is 11.3 Å². The summed E-state index contributed by atoms with van der Waals surface area (Å²) in [5, 5.41) is 3.19. The molecule has 5 nitrogen and oxygen atoms in total. The lowest BCUT2D eigenvalue weighted by molar-refractivity contribution is 0.387. The molecule has 0 spiro atoms. The molecule has 0 amide bonds. The SMILES string of the molecule is COc1nc(NCCCN)nc2c1CCCC2. The number of methoxy groups -OCH3 is 1. The summed E-state index contributed by atoms with van der Waals surface area (Å²) in [6.07, 6.45) is 5.38. The van der Waals surface area contributed by atoms with Gasteiger partial charge in [-0.05, 0) is 38.6 Å². The summed E-state index contributed by atoms with van der Waals surface area (Å²) in [5.41, 5.74) is 7.77. The molecule has 5 heteroatoms. The van der Waals surface area contributed by atoms with Crippen molar-refractivity contribution >= 4 is 5.95 Å². The van der Waals surface area contributed by atoms with E-state index < -0.39 is 0 Å². The average molecular weight is 236 g/mol. The standard InChI is InChI=1S/C12H20N4O/c1-17-11-9-5-2-3-6-10(9)15-12(16-11)14-8-4-7-13/h2-8,13H2,1H3,(H,14,15,16). The van der Waals surface area contributed by atoms with Crippen molar-refractivity contribution in [2.75, 3.05) is 25.5 Å². The van der Waals surface area contributed by atoms with Gasteiger partial charge in [0.2, 0.25) is 11.8 Å². The van der Waals surface area contributed by atoms with Gasteiger partial charge in [0.15, 0.2) is 0 Å². The minimum Gasteiger partial charge on any atom is -0.481 e. The number of ether oxygens (including phenoxy) is 1. The Morgan fingerprint density at radius 3 is 2.88 bits per heavy atom. The number of nitrogens with zero attached hydrogens (tertiary/aromatic N) is 2. The van der Waals surface area contributed by atoms with Crippen molar-refractivity contribution in [3.63, 3.8) is 0 Å². The van der Waals surface area contributed by atoms with Gasteiger partial charge in [0, 0.05) is 12.1 Å². The molecule has 0 unspecified atom stereocenters. The molecule has 17 heavy (non-hydrogen) atoms. The quantitative estimate of drug-likeness (QED) is 0.750. The van der Waals surface area contributed by atoms with Crippen LogP contribution in [0.3, 0.4) is 0 Å². The van der Waals surface area contributed by atoms with Gasteiger partial charge in [-0.2, -0.15) is 4.98 Å². The van der Waals surface area contributed by atoms with E-state index in [0.717, 1.165) is 37.4 Å². The molecule has 3 N–H and O–H groups in total. The number of fused-ring (bicyclic) bond motifs is 1. The maximum Gasteiger partial charge on any atom is 0.226 e. The van der Waals surface area contributed by atoms with Gasteiger partial charge in [-0.1, -0.05) is 0 Å². The minimum atomic E-state index is 0.663. The second-order valence-corrected chi connectivity index (χ2v) is 4.26. The van der Waals surface area contributed by atoms with E-state index in [9.17, 15) is 0 Å². The van der Waals surface area contributed by atoms with E-state index in [1.165, 1.54) is 18.4 Å². The number of nitrogens with two attached hydrogens (primary N) is 1. The van der Waals surface area contributed by atoms with E-state index >= 15 is 0 Å². The third kappa shape index (κ3) is 2.85. The largest absolute Gasteiger partial charge is 0.481 e. The summed E-state index contributed by atoms with van der Waals surface area (Å²) in [4.78, 5) is 8.94. The number of aromatic nitrogens is 2. The Hall–Kier alpha value is -1.36. The molecule has 1 aromatic rings. The second-order valence-electron chi connectivity index (χ2n) is 4.26. The van der Waals surface area contributed by atoms with Crippen molar-refractivity contribution in [1.29, 1.82) is 0 Å². The van der Waals surface area contributed by atoms with Gasteiger partial charge >= 0.3 is 0 Å². The smallest absolute Gasteiger partial charge is 0.226 e. The second kappa shape index (κ2) is 5.82. The van der Waals surface area contributed by atoms with E-state index in [1.54, 1.807) is 7.11 Å². The molecule has 1 aliphatic carbocycles. The zero-order valence-corrected chi connectivity index (χ0v) is 10.3. The highest BCUT2D eigenvalue weighted by Crippen LogP contribution is 2.27. The van der Waals surface area contributed by atoms with Crippen LogP contribution >= 0.6 is 0 Å². The molecule has 0 fully saturated rings. The summed E-state index contributed by atoms with van der Waals surface area (Å²) in [6.45, 7) is 1.48. The first-order valence-corrected chi connectivity index (χ1v) is 6.23. The van der Waals surface area contributed by atoms with Crippen LogP contribution in [-0.4, -0.2) is 30.2 Å². The Morgan fingerprint density at radius 2 is 2.12 bits per heavy atom. The van der Waals surface area contributed by atoms with E-state index in [0.29, 0.717) is 12.5 Å². The molecule has 0 bridgehead atoms. The van der Waals surface area contributed by atoms with Crippen molar-refractivity contribution in [2.45, 2.75) is 32.1 Å². The lowest BCUT2D eigenvalue weighted by atomic mass is 9.97. The topological polar surface area (TPSA) is 73.1 Å². The summed E-state index contributed by atoms with van der Waals surface area (Å²) in [6, 6.07) is 0. The zero-order valence-electron chi connectivity index (χ0n) is 10.3. The molecule has 2 rings (SSSR count). The Bertz CT molecular complexity index is 364. The third-order valence-corrected chi connectivity index (χ3v) is 3.00. The predicted molar refractivity (Wildman–Crippen MR) is 67.4 cm³/mol. The lowest BCUT2D eigenvalue weighted by Crippen LogP contribution is -2.15. The first-order chi connectivity index (χ1) is 8.35.